The van der Waals surface area contributed by atoms with Crippen molar-refractivity contribution in [1.29, 1.82) is 5.26 Å². The van der Waals surface area contributed by atoms with Gasteiger partial charge in [-0.05, 0) is 48.8 Å². The van der Waals surface area contributed by atoms with Crippen LogP contribution in [0.5, 0.6) is 0 Å². The Morgan fingerprint density at radius 2 is 2.36 bits per heavy atom. The van der Waals surface area contributed by atoms with E-state index in [2.05, 4.69) is 21.7 Å². The highest BCUT2D eigenvalue weighted by molar-refractivity contribution is 7.15. The molecule has 1 aromatic carbocycles. The van der Waals surface area contributed by atoms with Crippen molar-refractivity contribution in [3.63, 3.8) is 0 Å². The molecule has 1 aromatic heterocycles. The molecule has 0 unspecified atom stereocenters. The van der Waals surface area contributed by atoms with Gasteiger partial charge in [0.2, 0.25) is 5.91 Å². The molecule has 2 N–H and O–H groups in total. The number of carbonyl (C=O) groups excluding carboxylic acids is 1. The van der Waals surface area contributed by atoms with Crippen molar-refractivity contribution in [2.24, 2.45) is 5.92 Å². The van der Waals surface area contributed by atoms with Gasteiger partial charge in [0, 0.05) is 18.7 Å². The highest BCUT2D eigenvalue weighted by Crippen LogP contribution is 2.35. The lowest BCUT2D eigenvalue weighted by atomic mass is 9.98. The molecule has 28 heavy (non-hydrogen) atoms. The van der Waals surface area contributed by atoms with E-state index in [1.54, 1.807) is 23.6 Å². The molecule has 7 heteroatoms. The third-order valence-electron chi connectivity index (χ3n) is 5.73. The standard InChI is InChI=1S/C21H23FN4OS/c1-2-19-24-11-18(28-19)13-4-3-12(17(22)9-13)7-16(10-23)26-21(27)20-14-5-6-15(8-14)25-20/h3-4,9,11,14-16,20,25H,2,5-8H2,1H3,(H,26,27)/t14-,15+,16-,20-/m0/s1. The third kappa shape index (κ3) is 3.80. The van der Waals surface area contributed by atoms with Gasteiger partial charge in [-0.25, -0.2) is 9.37 Å². The van der Waals surface area contributed by atoms with Gasteiger partial charge >= 0.3 is 0 Å². The number of halogens is 1. The lowest BCUT2D eigenvalue weighted by Crippen LogP contribution is -2.50. The quantitative estimate of drug-likeness (QED) is 0.783. The third-order valence-corrected chi connectivity index (χ3v) is 6.92. The zero-order valence-electron chi connectivity index (χ0n) is 15.7. The zero-order chi connectivity index (χ0) is 19.7. The average Bonchev–Trinajstić information content (AvgIpc) is 3.45. The number of fused-ring (bicyclic) bond motifs is 2. The van der Waals surface area contributed by atoms with Gasteiger partial charge in [-0.1, -0.05) is 19.1 Å². The summed E-state index contributed by atoms with van der Waals surface area (Å²) in [5.41, 5.74) is 1.21. The monoisotopic (exact) mass is 398 g/mol. The van der Waals surface area contributed by atoms with Crippen molar-refractivity contribution in [2.45, 2.75) is 57.2 Å². The average molecular weight is 399 g/mol. The molecular formula is C21H23FN4OS. The van der Waals surface area contributed by atoms with Crippen LogP contribution < -0.4 is 10.6 Å². The maximum absolute atomic E-state index is 14.6. The summed E-state index contributed by atoms with van der Waals surface area (Å²) in [4.78, 5) is 17.8. The van der Waals surface area contributed by atoms with Crippen LogP contribution in [0.3, 0.4) is 0 Å². The van der Waals surface area contributed by atoms with Crippen LogP contribution in [0.2, 0.25) is 0 Å². The fraction of sp³-hybridized carbons (Fsp3) is 0.476. The molecule has 146 valence electrons. The van der Waals surface area contributed by atoms with Crippen LogP contribution in [-0.4, -0.2) is 29.0 Å². The number of hydrogen-bond donors (Lipinski definition) is 2. The molecule has 0 radical (unpaired) electrons. The van der Waals surface area contributed by atoms with E-state index in [0.29, 0.717) is 17.5 Å². The predicted molar refractivity (Wildman–Crippen MR) is 106 cm³/mol. The van der Waals surface area contributed by atoms with Crippen molar-refractivity contribution in [2.75, 3.05) is 0 Å². The number of nitrogens with one attached hydrogen (secondary N) is 2. The van der Waals surface area contributed by atoms with E-state index >= 15 is 0 Å². The Labute approximate surface area is 168 Å². The van der Waals surface area contributed by atoms with Crippen molar-refractivity contribution in [3.05, 3.63) is 40.8 Å². The first kappa shape index (κ1) is 19.0. The van der Waals surface area contributed by atoms with Crippen LogP contribution in [0.1, 0.15) is 36.8 Å². The summed E-state index contributed by atoms with van der Waals surface area (Å²) < 4.78 is 14.6. The number of hydrogen-bond acceptors (Lipinski definition) is 5. The second-order valence-corrected chi connectivity index (χ2v) is 8.70. The second-order valence-electron chi connectivity index (χ2n) is 7.59. The molecule has 1 saturated heterocycles. The topological polar surface area (TPSA) is 77.8 Å². The molecule has 4 atom stereocenters. The molecule has 4 rings (SSSR count). The number of rotatable bonds is 6. The Morgan fingerprint density at radius 1 is 1.50 bits per heavy atom. The number of piperidine rings is 1. The van der Waals surface area contributed by atoms with Crippen LogP contribution in [0, 0.1) is 23.1 Å². The van der Waals surface area contributed by atoms with Crippen LogP contribution in [-0.2, 0) is 17.6 Å². The second kappa shape index (κ2) is 7.98. The fourth-order valence-electron chi connectivity index (χ4n) is 4.23. The van der Waals surface area contributed by atoms with Gasteiger partial charge in [0.15, 0.2) is 0 Å². The molecule has 1 saturated carbocycles. The smallest absolute Gasteiger partial charge is 0.238 e. The summed E-state index contributed by atoms with van der Waals surface area (Å²) in [6.07, 6.45) is 5.97. The molecule has 2 bridgehead atoms. The van der Waals surface area contributed by atoms with Gasteiger partial charge in [0.05, 0.1) is 22.0 Å². The van der Waals surface area contributed by atoms with Gasteiger partial charge in [-0.2, -0.15) is 5.26 Å². The van der Waals surface area contributed by atoms with E-state index in [4.69, 9.17) is 0 Å². The lowest BCUT2D eigenvalue weighted by Gasteiger charge is -2.23. The number of thiazole rings is 1. The van der Waals surface area contributed by atoms with Crippen LogP contribution in [0.15, 0.2) is 24.4 Å². The minimum absolute atomic E-state index is 0.146. The van der Waals surface area contributed by atoms with Crippen molar-refractivity contribution < 1.29 is 9.18 Å². The van der Waals surface area contributed by atoms with Crippen LogP contribution in [0.25, 0.3) is 10.4 Å². The summed E-state index contributed by atoms with van der Waals surface area (Å²) in [5, 5.41) is 16.6. The summed E-state index contributed by atoms with van der Waals surface area (Å²) in [7, 11) is 0. The Hall–Kier alpha value is -2.30. The van der Waals surface area contributed by atoms with E-state index in [0.717, 1.165) is 41.1 Å². The summed E-state index contributed by atoms with van der Waals surface area (Å²) in [6, 6.07) is 6.58. The Morgan fingerprint density at radius 3 is 2.96 bits per heavy atom. The number of nitriles is 1. The number of nitrogens with zero attached hydrogens (tertiary/aromatic N) is 2. The van der Waals surface area contributed by atoms with Gasteiger partial charge < -0.3 is 10.6 Å². The summed E-state index contributed by atoms with van der Waals surface area (Å²) in [6.45, 7) is 2.04. The number of aryl methyl sites for hydroxylation is 1. The van der Waals surface area contributed by atoms with Crippen molar-refractivity contribution in [1.82, 2.24) is 15.6 Å². The van der Waals surface area contributed by atoms with E-state index in [1.165, 1.54) is 6.07 Å². The molecule has 2 aromatic rings. The molecule has 2 heterocycles. The Balaban J connectivity index is 1.42. The highest BCUT2D eigenvalue weighted by atomic mass is 32.1. The molecule has 1 amide bonds. The van der Waals surface area contributed by atoms with Gasteiger partial charge in [0.25, 0.3) is 0 Å². The molecule has 2 fully saturated rings. The zero-order valence-corrected chi connectivity index (χ0v) is 16.6. The normalized spacial score (nSPS) is 24.1. The largest absolute Gasteiger partial charge is 0.339 e. The minimum Gasteiger partial charge on any atom is -0.339 e. The van der Waals surface area contributed by atoms with Crippen molar-refractivity contribution >= 4 is 17.2 Å². The number of amides is 1. The van der Waals surface area contributed by atoms with E-state index in [1.807, 2.05) is 13.0 Å². The maximum Gasteiger partial charge on any atom is 0.238 e. The van der Waals surface area contributed by atoms with Crippen LogP contribution >= 0.6 is 11.3 Å². The SMILES string of the molecule is CCc1ncc(-c2ccc(C[C@@H](C#N)NC(=O)[C@H]3N[C@@H]4CC[C@H]3C4)c(F)c2)s1. The first-order chi connectivity index (χ1) is 13.6. The van der Waals surface area contributed by atoms with Gasteiger partial charge in [0.1, 0.15) is 11.9 Å². The Bertz CT molecular complexity index is 921. The van der Waals surface area contributed by atoms with E-state index in [-0.39, 0.29) is 24.2 Å². The van der Waals surface area contributed by atoms with Gasteiger partial charge in [-0.15, -0.1) is 11.3 Å². The van der Waals surface area contributed by atoms with Gasteiger partial charge in [-0.3, -0.25) is 4.79 Å². The van der Waals surface area contributed by atoms with Crippen LogP contribution in [0.4, 0.5) is 4.39 Å². The van der Waals surface area contributed by atoms with E-state index in [9.17, 15) is 14.4 Å². The molecule has 5 nitrogen and oxygen atoms in total. The summed E-state index contributed by atoms with van der Waals surface area (Å²) in [5.74, 6) is -0.156. The first-order valence-electron chi connectivity index (χ1n) is 9.77. The fourth-order valence-corrected chi connectivity index (χ4v) is 5.09. The molecule has 1 aliphatic carbocycles. The first-order valence-corrected chi connectivity index (χ1v) is 10.6. The maximum atomic E-state index is 14.6. The minimum atomic E-state index is -0.746. The summed E-state index contributed by atoms with van der Waals surface area (Å²) >= 11 is 1.55. The van der Waals surface area contributed by atoms with Crippen molar-refractivity contribution in [3.8, 4) is 16.5 Å². The Kier molecular flexibility index (Phi) is 5.42. The molecular weight excluding hydrogens is 375 g/mol. The van der Waals surface area contributed by atoms with E-state index < -0.39 is 6.04 Å². The molecule has 2 aliphatic rings. The number of carbonyl (C=O) groups is 1. The predicted octanol–water partition coefficient (Wildman–Crippen LogP) is 3.20. The molecule has 0 spiro atoms. The number of aromatic nitrogens is 1. The lowest BCUT2D eigenvalue weighted by molar-refractivity contribution is -0.124. The molecule has 1 aliphatic heterocycles. The number of benzene rings is 1. The highest BCUT2D eigenvalue weighted by Gasteiger charge is 2.43.